The van der Waals surface area contributed by atoms with Crippen molar-refractivity contribution >= 4 is 49.4 Å². The van der Waals surface area contributed by atoms with Gasteiger partial charge in [-0.3, -0.25) is 9.59 Å². The first kappa shape index (κ1) is 22.1. The van der Waals surface area contributed by atoms with E-state index in [0.29, 0.717) is 29.9 Å². The van der Waals surface area contributed by atoms with E-state index < -0.39 is 0 Å². The largest absolute Gasteiger partial charge is 0.381 e. The van der Waals surface area contributed by atoms with Crippen LogP contribution in [-0.4, -0.2) is 46.0 Å². The minimum absolute atomic E-state index is 0.0562. The number of ether oxygens (including phenoxy) is 1. The lowest BCUT2D eigenvalue weighted by Gasteiger charge is -2.23. The lowest BCUT2D eigenvalue weighted by atomic mass is 10.0. The van der Waals surface area contributed by atoms with Crippen molar-refractivity contribution in [1.29, 1.82) is 0 Å². The SMILES string of the molecule is Cc1nc(C(=O)NC2CCOCC2)c2cc(-c3ccc4nc(NC(=O)C5CC5)sc4c3)ccc2n1. The van der Waals surface area contributed by atoms with Crippen molar-refractivity contribution in [3.8, 4) is 11.1 Å². The van der Waals surface area contributed by atoms with Crippen LogP contribution in [-0.2, 0) is 9.53 Å². The Morgan fingerprint density at radius 3 is 2.46 bits per heavy atom. The molecule has 0 unspecified atom stereocenters. The zero-order chi connectivity index (χ0) is 23.9. The van der Waals surface area contributed by atoms with Crippen LogP contribution in [0.1, 0.15) is 42.0 Å². The molecule has 2 amide bonds. The van der Waals surface area contributed by atoms with Crippen LogP contribution in [0.5, 0.6) is 0 Å². The van der Waals surface area contributed by atoms with E-state index in [1.165, 1.54) is 11.3 Å². The summed E-state index contributed by atoms with van der Waals surface area (Å²) in [6.45, 7) is 3.12. The van der Waals surface area contributed by atoms with Gasteiger partial charge in [-0.15, -0.1) is 0 Å². The monoisotopic (exact) mass is 487 g/mol. The van der Waals surface area contributed by atoms with E-state index in [1.807, 2.05) is 30.3 Å². The molecular weight excluding hydrogens is 462 g/mol. The van der Waals surface area contributed by atoms with E-state index in [0.717, 1.165) is 57.9 Å². The van der Waals surface area contributed by atoms with E-state index in [2.05, 4.69) is 31.7 Å². The van der Waals surface area contributed by atoms with E-state index in [1.54, 1.807) is 6.92 Å². The number of fused-ring (bicyclic) bond motifs is 2. The molecular formula is C26H25N5O3S. The molecule has 1 saturated heterocycles. The molecule has 9 heteroatoms. The summed E-state index contributed by atoms with van der Waals surface area (Å²) >= 11 is 1.47. The number of rotatable bonds is 5. The number of carbonyl (C=O) groups excluding carboxylic acids is 2. The predicted octanol–water partition coefficient (Wildman–Crippen LogP) is 4.47. The Labute approximate surface area is 206 Å². The van der Waals surface area contributed by atoms with Crippen LogP contribution in [0, 0.1) is 12.8 Å². The van der Waals surface area contributed by atoms with E-state index >= 15 is 0 Å². The first-order valence-electron chi connectivity index (χ1n) is 11.9. The lowest BCUT2D eigenvalue weighted by Crippen LogP contribution is -2.39. The fourth-order valence-electron chi connectivity index (χ4n) is 4.40. The van der Waals surface area contributed by atoms with Gasteiger partial charge in [0.05, 0.1) is 15.7 Å². The van der Waals surface area contributed by atoms with Gasteiger partial charge in [-0.2, -0.15) is 0 Å². The molecule has 0 spiro atoms. The normalized spacial score (nSPS) is 16.5. The highest BCUT2D eigenvalue weighted by Gasteiger charge is 2.30. The summed E-state index contributed by atoms with van der Waals surface area (Å²) in [5.74, 6) is 0.576. The van der Waals surface area contributed by atoms with Crippen molar-refractivity contribution in [3.63, 3.8) is 0 Å². The summed E-state index contributed by atoms with van der Waals surface area (Å²) in [4.78, 5) is 38.9. The fourth-order valence-corrected chi connectivity index (χ4v) is 5.31. The first-order valence-corrected chi connectivity index (χ1v) is 12.7. The molecule has 2 N–H and O–H groups in total. The van der Waals surface area contributed by atoms with Gasteiger partial charge in [-0.1, -0.05) is 23.5 Å². The van der Waals surface area contributed by atoms with Crippen molar-refractivity contribution in [1.82, 2.24) is 20.3 Å². The summed E-state index contributed by atoms with van der Waals surface area (Å²) in [6.07, 6.45) is 3.52. The highest BCUT2D eigenvalue weighted by atomic mass is 32.1. The second-order valence-corrected chi connectivity index (χ2v) is 10.2. The molecule has 1 saturated carbocycles. The number of hydrogen-bond donors (Lipinski definition) is 2. The first-order chi connectivity index (χ1) is 17.0. The lowest BCUT2D eigenvalue weighted by molar-refractivity contribution is -0.117. The molecule has 1 aliphatic carbocycles. The number of aromatic nitrogens is 3. The number of hydrogen-bond acceptors (Lipinski definition) is 7. The maximum atomic E-state index is 13.2. The zero-order valence-corrected chi connectivity index (χ0v) is 20.2. The molecule has 178 valence electrons. The van der Waals surface area contributed by atoms with Gasteiger partial charge in [0.2, 0.25) is 5.91 Å². The minimum Gasteiger partial charge on any atom is -0.381 e. The van der Waals surface area contributed by atoms with Gasteiger partial charge >= 0.3 is 0 Å². The number of amides is 2. The van der Waals surface area contributed by atoms with Gasteiger partial charge in [-0.25, -0.2) is 15.0 Å². The van der Waals surface area contributed by atoms with Gasteiger partial charge in [-0.05, 0) is 68.0 Å². The smallest absolute Gasteiger partial charge is 0.270 e. The third-order valence-corrected chi connectivity index (χ3v) is 7.41. The van der Waals surface area contributed by atoms with Crippen molar-refractivity contribution in [2.24, 2.45) is 5.92 Å². The molecule has 8 nitrogen and oxygen atoms in total. The maximum absolute atomic E-state index is 13.2. The Morgan fingerprint density at radius 2 is 1.69 bits per heavy atom. The highest BCUT2D eigenvalue weighted by molar-refractivity contribution is 7.22. The quantitative estimate of drug-likeness (QED) is 0.430. The molecule has 35 heavy (non-hydrogen) atoms. The number of benzene rings is 2. The van der Waals surface area contributed by atoms with E-state index in [9.17, 15) is 9.59 Å². The Bertz CT molecular complexity index is 1460. The van der Waals surface area contributed by atoms with Gasteiger partial charge in [0.15, 0.2) is 5.13 Å². The average molecular weight is 488 g/mol. The van der Waals surface area contributed by atoms with E-state index in [4.69, 9.17) is 4.74 Å². The second kappa shape index (κ2) is 8.98. The Hall–Kier alpha value is -3.43. The Kier molecular flexibility index (Phi) is 5.66. The third-order valence-electron chi connectivity index (χ3n) is 6.48. The summed E-state index contributed by atoms with van der Waals surface area (Å²) in [5, 5.41) is 7.40. The van der Waals surface area contributed by atoms with Gasteiger partial charge < -0.3 is 15.4 Å². The summed E-state index contributed by atoms with van der Waals surface area (Å²) in [6, 6.07) is 12.0. The van der Waals surface area contributed by atoms with Crippen LogP contribution >= 0.6 is 11.3 Å². The summed E-state index contributed by atoms with van der Waals surface area (Å²) in [7, 11) is 0. The summed E-state index contributed by atoms with van der Waals surface area (Å²) < 4.78 is 6.40. The predicted molar refractivity (Wildman–Crippen MR) is 136 cm³/mol. The summed E-state index contributed by atoms with van der Waals surface area (Å²) in [5.41, 5.74) is 3.94. The molecule has 2 aliphatic rings. The maximum Gasteiger partial charge on any atom is 0.270 e. The van der Waals surface area contributed by atoms with Crippen LogP contribution in [0.4, 0.5) is 5.13 Å². The number of thiazole rings is 1. The standard InChI is InChI=1S/C26H25N5O3S/c1-14-27-20-6-4-16(12-19(20)23(28-14)25(33)29-18-8-10-34-11-9-18)17-5-7-21-22(13-17)35-26(30-21)31-24(32)15-2-3-15/h4-7,12-13,15,18H,2-3,8-11H2,1H3,(H,29,33)(H,30,31,32). The molecule has 1 aliphatic heterocycles. The molecule has 2 aromatic carbocycles. The fraction of sp³-hybridized carbons (Fsp3) is 0.346. The van der Waals surface area contributed by atoms with Crippen LogP contribution in [0.2, 0.25) is 0 Å². The molecule has 3 heterocycles. The van der Waals surface area contributed by atoms with Crippen molar-refractivity contribution in [3.05, 3.63) is 47.9 Å². The number of nitrogens with one attached hydrogen (secondary N) is 2. The topological polar surface area (TPSA) is 106 Å². The Morgan fingerprint density at radius 1 is 0.943 bits per heavy atom. The van der Waals surface area contributed by atoms with Crippen molar-refractivity contribution in [2.45, 2.75) is 38.6 Å². The zero-order valence-electron chi connectivity index (χ0n) is 19.3. The van der Waals surface area contributed by atoms with Crippen LogP contribution in [0.15, 0.2) is 36.4 Å². The van der Waals surface area contributed by atoms with E-state index in [-0.39, 0.29) is 23.8 Å². The molecule has 0 radical (unpaired) electrons. The van der Waals surface area contributed by atoms with Crippen LogP contribution in [0.25, 0.3) is 32.2 Å². The molecule has 4 aromatic rings. The number of anilines is 1. The van der Waals surface area contributed by atoms with Crippen LogP contribution in [0.3, 0.4) is 0 Å². The van der Waals surface area contributed by atoms with Crippen molar-refractivity contribution < 1.29 is 14.3 Å². The Balaban J connectivity index is 1.32. The average Bonchev–Trinajstić information content (AvgIpc) is 3.64. The van der Waals surface area contributed by atoms with Gasteiger partial charge in [0, 0.05) is 30.6 Å². The molecule has 0 bridgehead atoms. The number of nitrogens with zero attached hydrogens (tertiary/aromatic N) is 3. The van der Waals surface area contributed by atoms with Gasteiger partial charge in [0.25, 0.3) is 5.91 Å². The number of carbonyl (C=O) groups is 2. The third kappa shape index (κ3) is 4.61. The van der Waals surface area contributed by atoms with Crippen LogP contribution < -0.4 is 10.6 Å². The minimum atomic E-state index is -0.182. The number of aryl methyl sites for hydroxylation is 1. The van der Waals surface area contributed by atoms with Crippen molar-refractivity contribution in [2.75, 3.05) is 18.5 Å². The highest BCUT2D eigenvalue weighted by Crippen LogP contribution is 2.34. The van der Waals surface area contributed by atoms with Gasteiger partial charge in [0.1, 0.15) is 11.5 Å². The molecule has 2 fully saturated rings. The molecule has 6 rings (SSSR count). The molecule has 2 aromatic heterocycles. The molecule has 0 atom stereocenters. The second-order valence-electron chi connectivity index (χ2n) is 9.18.